The molecule has 2 fully saturated rings. The van der Waals surface area contributed by atoms with Crippen molar-refractivity contribution in [3.63, 3.8) is 0 Å². The first kappa shape index (κ1) is 12.8. The molecule has 1 amide bonds. The number of carbonyl (C=O) groups excluding carboxylic acids is 1. The van der Waals surface area contributed by atoms with E-state index in [1.54, 1.807) is 0 Å². The van der Waals surface area contributed by atoms with Crippen molar-refractivity contribution in [2.45, 2.75) is 25.9 Å². The molecule has 2 aliphatic heterocycles. The molecular formula is C12H23N3O2. The van der Waals surface area contributed by atoms with Gasteiger partial charge in [0.25, 0.3) is 0 Å². The van der Waals surface area contributed by atoms with Gasteiger partial charge in [0.1, 0.15) is 0 Å². The number of nitrogens with zero attached hydrogens (tertiary/aromatic N) is 2. The van der Waals surface area contributed by atoms with E-state index >= 15 is 0 Å². The van der Waals surface area contributed by atoms with Gasteiger partial charge in [-0.05, 0) is 13.8 Å². The van der Waals surface area contributed by atoms with Gasteiger partial charge in [0.15, 0.2) is 0 Å². The maximum atomic E-state index is 12.4. The molecule has 0 aliphatic carbocycles. The molecule has 2 atom stereocenters. The van der Waals surface area contributed by atoms with Gasteiger partial charge >= 0.3 is 0 Å². The van der Waals surface area contributed by atoms with Gasteiger partial charge < -0.3 is 15.0 Å². The third kappa shape index (κ3) is 2.97. The molecule has 0 aromatic carbocycles. The quantitative estimate of drug-likeness (QED) is 0.710. The minimum atomic E-state index is -0.0144. The summed E-state index contributed by atoms with van der Waals surface area (Å²) < 4.78 is 5.32. The zero-order valence-corrected chi connectivity index (χ0v) is 10.8. The molecular weight excluding hydrogens is 218 g/mol. The highest BCUT2D eigenvalue weighted by Crippen LogP contribution is 2.11. The lowest BCUT2D eigenvalue weighted by atomic mass is 10.1. The van der Waals surface area contributed by atoms with Gasteiger partial charge in [0, 0.05) is 38.8 Å². The lowest BCUT2D eigenvalue weighted by molar-refractivity contribution is -0.140. The van der Waals surface area contributed by atoms with Crippen molar-refractivity contribution in [3.05, 3.63) is 0 Å². The van der Waals surface area contributed by atoms with E-state index in [2.05, 4.69) is 17.1 Å². The van der Waals surface area contributed by atoms with Gasteiger partial charge in [0.2, 0.25) is 5.91 Å². The van der Waals surface area contributed by atoms with Gasteiger partial charge in [-0.2, -0.15) is 0 Å². The first-order valence-electron chi connectivity index (χ1n) is 6.53. The Labute approximate surface area is 103 Å². The summed E-state index contributed by atoms with van der Waals surface area (Å²) in [6.07, 6.45) is 0. The Bertz CT molecular complexity index is 266. The van der Waals surface area contributed by atoms with Crippen LogP contribution in [0.4, 0.5) is 0 Å². The molecule has 0 aromatic heterocycles. The predicted molar refractivity (Wildman–Crippen MR) is 65.9 cm³/mol. The highest BCUT2D eigenvalue weighted by molar-refractivity contribution is 5.82. The maximum Gasteiger partial charge on any atom is 0.239 e. The smallest absolute Gasteiger partial charge is 0.239 e. The summed E-state index contributed by atoms with van der Waals surface area (Å²) >= 11 is 0. The summed E-state index contributed by atoms with van der Waals surface area (Å²) in [6.45, 7) is 9.99. The van der Waals surface area contributed by atoms with Crippen molar-refractivity contribution in [1.29, 1.82) is 0 Å². The number of piperazine rings is 1. The van der Waals surface area contributed by atoms with E-state index in [1.807, 2.05) is 11.8 Å². The normalized spacial score (nSPS) is 29.1. The standard InChI is InChI=1S/C12H23N3O2/c1-10-9-13-3-4-15(10)12(16)11(2)14-5-7-17-8-6-14/h10-11,13H,3-9H2,1-2H3/t10-,11?/m1/s1. The number of morpholine rings is 1. The van der Waals surface area contributed by atoms with Gasteiger partial charge in [-0.3, -0.25) is 9.69 Å². The van der Waals surface area contributed by atoms with Crippen LogP contribution < -0.4 is 5.32 Å². The van der Waals surface area contributed by atoms with Crippen LogP contribution in [0.5, 0.6) is 0 Å². The lowest BCUT2D eigenvalue weighted by Crippen LogP contribution is -2.58. The first-order valence-corrected chi connectivity index (χ1v) is 6.53. The number of hydrogen-bond acceptors (Lipinski definition) is 4. The molecule has 98 valence electrons. The SMILES string of the molecule is CC(C(=O)N1CCNC[C@H]1C)N1CCOCC1. The van der Waals surface area contributed by atoms with Gasteiger partial charge in [-0.1, -0.05) is 0 Å². The molecule has 5 nitrogen and oxygen atoms in total. The molecule has 2 aliphatic rings. The number of nitrogens with one attached hydrogen (secondary N) is 1. The van der Waals surface area contributed by atoms with E-state index in [4.69, 9.17) is 4.74 Å². The van der Waals surface area contributed by atoms with Crippen LogP contribution in [-0.4, -0.2) is 73.7 Å². The van der Waals surface area contributed by atoms with Crippen LogP contribution in [0.3, 0.4) is 0 Å². The molecule has 0 saturated carbocycles. The summed E-state index contributed by atoms with van der Waals surface area (Å²) in [5.74, 6) is 0.265. The van der Waals surface area contributed by atoms with E-state index in [1.165, 1.54) is 0 Å². The van der Waals surface area contributed by atoms with Crippen LogP contribution in [0.15, 0.2) is 0 Å². The maximum absolute atomic E-state index is 12.4. The molecule has 0 aromatic rings. The van der Waals surface area contributed by atoms with Crippen LogP contribution in [0.2, 0.25) is 0 Å². The third-order valence-electron chi connectivity index (χ3n) is 3.74. The predicted octanol–water partition coefficient (Wildman–Crippen LogP) is -0.473. The van der Waals surface area contributed by atoms with Crippen molar-refractivity contribution < 1.29 is 9.53 Å². The van der Waals surface area contributed by atoms with E-state index in [-0.39, 0.29) is 11.9 Å². The number of carbonyl (C=O) groups is 1. The Morgan fingerprint density at radius 3 is 2.71 bits per heavy atom. The Morgan fingerprint density at radius 2 is 2.06 bits per heavy atom. The second-order valence-electron chi connectivity index (χ2n) is 4.91. The van der Waals surface area contributed by atoms with E-state index in [0.717, 1.165) is 45.9 Å². The Morgan fingerprint density at radius 1 is 1.35 bits per heavy atom. The third-order valence-corrected chi connectivity index (χ3v) is 3.74. The Balaban J connectivity index is 1.92. The minimum Gasteiger partial charge on any atom is -0.379 e. The van der Waals surface area contributed by atoms with Gasteiger partial charge in [0.05, 0.1) is 19.3 Å². The highest BCUT2D eigenvalue weighted by Gasteiger charge is 2.30. The van der Waals surface area contributed by atoms with Crippen LogP contribution in [0, 0.1) is 0 Å². The zero-order valence-electron chi connectivity index (χ0n) is 10.8. The molecule has 0 bridgehead atoms. The summed E-state index contributed by atoms with van der Waals surface area (Å²) in [5, 5.41) is 3.31. The fraction of sp³-hybridized carbons (Fsp3) is 0.917. The first-order chi connectivity index (χ1) is 8.20. The van der Waals surface area contributed by atoms with Crippen LogP contribution >= 0.6 is 0 Å². The molecule has 1 unspecified atom stereocenters. The molecule has 1 N–H and O–H groups in total. The van der Waals surface area contributed by atoms with Crippen molar-refractivity contribution >= 4 is 5.91 Å². The van der Waals surface area contributed by atoms with Gasteiger partial charge in [-0.15, -0.1) is 0 Å². The Hall–Kier alpha value is -0.650. The fourth-order valence-electron chi connectivity index (χ4n) is 2.53. The van der Waals surface area contributed by atoms with Crippen LogP contribution in [0.1, 0.15) is 13.8 Å². The molecule has 2 rings (SSSR count). The second kappa shape index (κ2) is 5.80. The van der Waals surface area contributed by atoms with Crippen molar-refractivity contribution in [3.8, 4) is 0 Å². The number of ether oxygens (including phenoxy) is 1. The second-order valence-corrected chi connectivity index (χ2v) is 4.91. The molecule has 2 saturated heterocycles. The lowest BCUT2D eigenvalue weighted by Gasteiger charge is -2.39. The monoisotopic (exact) mass is 241 g/mol. The van der Waals surface area contributed by atoms with Gasteiger partial charge in [-0.25, -0.2) is 0 Å². The number of rotatable bonds is 2. The zero-order chi connectivity index (χ0) is 12.3. The highest BCUT2D eigenvalue weighted by atomic mass is 16.5. The molecule has 17 heavy (non-hydrogen) atoms. The Kier molecular flexibility index (Phi) is 4.36. The summed E-state index contributed by atoms with van der Waals surface area (Å²) in [6, 6.07) is 0.291. The molecule has 0 radical (unpaired) electrons. The van der Waals surface area contributed by atoms with E-state index in [0.29, 0.717) is 6.04 Å². The summed E-state index contributed by atoms with van der Waals surface area (Å²) in [5.41, 5.74) is 0. The van der Waals surface area contributed by atoms with Crippen LogP contribution in [-0.2, 0) is 9.53 Å². The summed E-state index contributed by atoms with van der Waals surface area (Å²) in [7, 11) is 0. The van der Waals surface area contributed by atoms with E-state index < -0.39 is 0 Å². The van der Waals surface area contributed by atoms with Crippen LogP contribution in [0.25, 0.3) is 0 Å². The molecule has 0 spiro atoms. The topological polar surface area (TPSA) is 44.8 Å². The fourth-order valence-corrected chi connectivity index (χ4v) is 2.53. The number of amides is 1. The molecule has 5 heteroatoms. The average molecular weight is 241 g/mol. The van der Waals surface area contributed by atoms with Crippen molar-refractivity contribution in [2.24, 2.45) is 0 Å². The number of hydrogen-bond donors (Lipinski definition) is 1. The van der Waals surface area contributed by atoms with Crippen molar-refractivity contribution in [2.75, 3.05) is 45.9 Å². The largest absolute Gasteiger partial charge is 0.379 e. The minimum absolute atomic E-state index is 0.0144. The molecule has 2 heterocycles. The van der Waals surface area contributed by atoms with E-state index in [9.17, 15) is 4.79 Å². The summed E-state index contributed by atoms with van der Waals surface area (Å²) in [4.78, 5) is 16.7. The van der Waals surface area contributed by atoms with Crippen molar-refractivity contribution in [1.82, 2.24) is 15.1 Å². The average Bonchev–Trinajstić information content (AvgIpc) is 2.39.